The van der Waals surface area contributed by atoms with E-state index in [2.05, 4.69) is 42.3 Å². The minimum absolute atomic E-state index is 0.0357. The molecule has 3 aromatic rings. The number of carbonyl (C=O) groups is 1. The second-order valence-electron chi connectivity index (χ2n) is 7.81. The smallest absolute Gasteiger partial charge is 0.231 e. The van der Waals surface area contributed by atoms with Crippen LogP contribution in [0.1, 0.15) is 30.9 Å². The Morgan fingerprint density at radius 2 is 2.03 bits per heavy atom. The Balaban J connectivity index is 1.18. The molecule has 8 nitrogen and oxygen atoms in total. The largest absolute Gasteiger partial charge is 0.381 e. The molecule has 0 bridgehead atoms. The highest BCUT2D eigenvalue weighted by Gasteiger charge is 2.27. The first kappa shape index (κ1) is 18.7. The van der Waals surface area contributed by atoms with Crippen molar-refractivity contribution in [3.63, 3.8) is 0 Å². The summed E-state index contributed by atoms with van der Waals surface area (Å²) in [5.74, 6) is 0.779. The van der Waals surface area contributed by atoms with Crippen molar-refractivity contribution in [1.29, 1.82) is 0 Å². The van der Waals surface area contributed by atoms with E-state index in [0.29, 0.717) is 19.3 Å². The van der Waals surface area contributed by atoms with Gasteiger partial charge in [0.05, 0.1) is 36.5 Å². The standard InChI is InChI=1S/C20H24N6O2S/c27-20(15-6-10-28-13-15)22-19-3-7-21-26(19)16-4-8-25(9-5-16)12-14-1-2-17-18(11-14)24-29-23-17/h1-3,7,11,15-16H,4-6,8-10,12-13H2,(H,22,27). The van der Waals surface area contributed by atoms with E-state index in [1.165, 1.54) is 17.3 Å². The Bertz CT molecular complexity index is 988. The summed E-state index contributed by atoms with van der Waals surface area (Å²) in [6, 6.07) is 8.52. The Kier molecular flexibility index (Phi) is 5.26. The average Bonchev–Trinajstić information content (AvgIpc) is 3.50. The zero-order valence-electron chi connectivity index (χ0n) is 16.2. The van der Waals surface area contributed by atoms with Gasteiger partial charge in [0.1, 0.15) is 16.9 Å². The third-order valence-corrected chi connectivity index (χ3v) is 6.41. The molecule has 2 aromatic heterocycles. The number of rotatable bonds is 5. The topological polar surface area (TPSA) is 85.2 Å². The molecule has 1 N–H and O–H groups in total. The highest BCUT2D eigenvalue weighted by Crippen LogP contribution is 2.27. The third-order valence-electron chi connectivity index (χ3n) is 5.85. The number of likely N-dealkylation sites (tertiary alicyclic amines) is 1. The molecule has 0 aliphatic carbocycles. The number of ether oxygens (including phenoxy) is 1. The van der Waals surface area contributed by atoms with Crippen LogP contribution in [0, 0.1) is 5.92 Å². The molecule has 152 valence electrons. The van der Waals surface area contributed by atoms with E-state index in [1.807, 2.05) is 10.7 Å². The summed E-state index contributed by atoms with van der Waals surface area (Å²) in [4.78, 5) is 14.9. The van der Waals surface area contributed by atoms with Crippen molar-refractivity contribution < 1.29 is 9.53 Å². The number of aromatic nitrogens is 4. The van der Waals surface area contributed by atoms with Crippen LogP contribution in [0.5, 0.6) is 0 Å². The Hall–Kier alpha value is -2.36. The molecule has 0 saturated carbocycles. The highest BCUT2D eigenvalue weighted by atomic mass is 32.1. The Labute approximate surface area is 173 Å². The maximum Gasteiger partial charge on any atom is 0.231 e. The molecular formula is C20H24N6O2S. The monoisotopic (exact) mass is 412 g/mol. The fourth-order valence-corrected chi connectivity index (χ4v) is 4.70. The van der Waals surface area contributed by atoms with Crippen LogP contribution in [-0.2, 0) is 16.1 Å². The van der Waals surface area contributed by atoms with Gasteiger partial charge in [-0.25, -0.2) is 4.68 Å². The minimum Gasteiger partial charge on any atom is -0.381 e. The van der Waals surface area contributed by atoms with Gasteiger partial charge in [0.25, 0.3) is 0 Å². The number of piperidine rings is 1. The maximum absolute atomic E-state index is 12.4. The van der Waals surface area contributed by atoms with E-state index in [0.717, 1.165) is 55.7 Å². The van der Waals surface area contributed by atoms with Crippen molar-refractivity contribution in [2.75, 3.05) is 31.6 Å². The number of amides is 1. The van der Waals surface area contributed by atoms with E-state index >= 15 is 0 Å². The first-order chi connectivity index (χ1) is 14.3. The summed E-state index contributed by atoms with van der Waals surface area (Å²) in [6.07, 6.45) is 4.58. The summed E-state index contributed by atoms with van der Waals surface area (Å²) in [5, 5.41) is 7.55. The van der Waals surface area contributed by atoms with Gasteiger partial charge < -0.3 is 10.1 Å². The van der Waals surface area contributed by atoms with E-state index < -0.39 is 0 Å². The van der Waals surface area contributed by atoms with Crippen LogP contribution < -0.4 is 5.32 Å². The van der Waals surface area contributed by atoms with Gasteiger partial charge in [-0.1, -0.05) is 6.07 Å². The van der Waals surface area contributed by atoms with Gasteiger partial charge in [0.2, 0.25) is 5.91 Å². The second kappa shape index (κ2) is 8.17. The fourth-order valence-electron chi connectivity index (χ4n) is 4.18. The predicted octanol–water partition coefficient (Wildman–Crippen LogP) is 2.70. The van der Waals surface area contributed by atoms with Crippen molar-refractivity contribution in [2.45, 2.75) is 31.8 Å². The highest BCUT2D eigenvalue weighted by molar-refractivity contribution is 7.00. The van der Waals surface area contributed by atoms with Crippen LogP contribution in [0.4, 0.5) is 5.82 Å². The number of benzene rings is 1. The van der Waals surface area contributed by atoms with Crippen LogP contribution in [0.2, 0.25) is 0 Å². The zero-order valence-corrected chi connectivity index (χ0v) is 17.0. The van der Waals surface area contributed by atoms with Gasteiger partial charge in [-0.2, -0.15) is 13.8 Å². The fraction of sp³-hybridized carbons (Fsp3) is 0.500. The summed E-state index contributed by atoms with van der Waals surface area (Å²) >= 11 is 1.26. The lowest BCUT2D eigenvalue weighted by Crippen LogP contribution is -2.35. The van der Waals surface area contributed by atoms with Crippen LogP contribution in [0.25, 0.3) is 11.0 Å². The van der Waals surface area contributed by atoms with Crippen molar-refractivity contribution in [1.82, 2.24) is 23.4 Å². The van der Waals surface area contributed by atoms with Gasteiger partial charge in [-0.3, -0.25) is 9.69 Å². The van der Waals surface area contributed by atoms with E-state index in [-0.39, 0.29) is 11.8 Å². The van der Waals surface area contributed by atoms with Crippen molar-refractivity contribution in [2.24, 2.45) is 5.92 Å². The molecule has 0 radical (unpaired) electrons. The summed E-state index contributed by atoms with van der Waals surface area (Å²) in [5.41, 5.74) is 3.22. The third kappa shape index (κ3) is 4.03. The lowest BCUT2D eigenvalue weighted by Gasteiger charge is -2.32. The number of anilines is 1. The SMILES string of the molecule is O=C(Nc1ccnn1C1CCN(Cc2ccc3nsnc3c2)CC1)C1CCOC1. The molecule has 1 aromatic carbocycles. The number of carbonyl (C=O) groups excluding carboxylic acids is 1. The Morgan fingerprint density at radius 3 is 2.86 bits per heavy atom. The van der Waals surface area contributed by atoms with E-state index in [4.69, 9.17) is 4.74 Å². The quantitative estimate of drug-likeness (QED) is 0.694. The molecule has 2 aliphatic heterocycles. The van der Waals surface area contributed by atoms with Crippen LogP contribution >= 0.6 is 11.7 Å². The first-order valence-electron chi connectivity index (χ1n) is 10.1. The van der Waals surface area contributed by atoms with Crippen molar-refractivity contribution in [3.05, 3.63) is 36.0 Å². The number of nitrogens with one attached hydrogen (secondary N) is 1. The van der Waals surface area contributed by atoms with Crippen molar-refractivity contribution >= 4 is 34.5 Å². The van der Waals surface area contributed by atoms with Gasteiger partial charge in [-0.15, -0.1) is 0 Å². The van der Waals surface area contributed by atoms with E-state index in [1.54, 1.807) is 6.20 Å². The van der Waals surface area contributed by atoms with Crippen LogP contribution in [-0.4, -0.2) is 55.6 Å². The van der Waals surface area contributed by atoms with Gasteiger partial charge in [0.15, 0.2) is 0 Å². The lowest BCUT2D eigenvalue weighted by atomic mass is 10.0. The summed E-state index contributed by atoms with van der Waals surface area (Å²) < 4.78 is 15.9. The number of nitrogens with zero attached hydrogens (tertiary/aromatic N) is 5. The number of hydrogen-bond donors (Lipinski definition) is 1. The summed E-state index contributed by atoms with van der Waals surface area (Å²) in [7, 11) is 0. The normalized spacial score (nSPS) is 21.0. The average molecular weight is 413 g/mol. The second-order valence-corrected chi connectivity index (χ2v) is 8.33. The Morgan fingerprint density at radius 1 is 1.17 bits per heavy atom. The molecule has 1 unspecified atom stereocenters. The molecular weight excluding hydrogens is 388 g/mol. The minimum atomic E-state index is -0.0505. The molecule has 2 aliphatic rings. The van der Waals surface area contributed by atoms with Crippen molar-refractivity contribution in [3.8, 4) is 0 Å². The predicted molar refractivity (Wildman–Crippen MR) is 111 cm³/mol. The zero-order chi connectivity index (χ0) is 19.6. The molecule has 1 atom stereocenters. The molecule has 1 amide bonds. The molecule has 29 heavy (non-hydrogen) atoms. The van der Waals surface area contributed by atoms with Crippen LogP contribution in [0.15, 0.2) is 30.5 Å². The first-order valence-corrected chi connectivity index (χ1v) is 10.8. The number of hydrogen-bond acceptors (Lipinski definition) is 7. The number of fused-ring (bicyclic) bond motifs is 1. The molecule has 5 rings (SSSR count). The molecule has 0 spiro atoms. The molecule has 9 heteroatoms. The molecule has 2 saturated heterocycles. The van der Waals surface area contributed by atoms with Gasteiger partial charge in [0, 0.05) is 32.3 Å². The molecule has 2 fully saturated rings. The lowest BCUT2D eigenvalue weighted by molar-refractivity contribution is -0.119. The molecule has 4 heterocycles. The van der Waals surface area contributed by atoms with Gasteiger partial charge in [-0.05, 0) is 37.0 Å². The summed E-state index contributed by atoms with van der Waals surface area (Å²) in [6.45, 7) is 4.11. The maximum atomic E-state index is 12.4. The van der Waals surface area contributed by atoms with Gasteiger partial charge >= 0.3 is 0 Å². The van der Waals surface area contributed by atoms with Crippen LogP contribution in [0.3, 0.4) is 0 Å². The van der Waals surface area contributed by atoms with E-state index in [9.17, 15) is 4.79 Å².